The molecule has 5 nitrogen and oxygen atoms in total. The van der Waals surface area contributed by atoms with Gasteiger partial charge in [-0.3, -0.25) is 4.79 Å². The molecule has 6 heteroatoms. The Morgan fingerprint density at radius 1 is 1.04 bits per heavy atom. The Morgan fingerprint density at radius 2 is 1.74 bits per heavy atom. The molecule has 3 rings (SSSR count). The third-order valence-corrected chi connectivity index (χ3v) is 3.99. The lowest BCUT2D eigenvalue weighted by Gasteiger charge is -2.15. The second-order valence-electron chi connectivity index (χ2n) is 6.15. The summed E-state index contributed by atoms with van der Waals surface area (Å²) in [5.41, 5.74) is 1.81. The van der Waals surface area contributed by atoms with Crippen molar-refractivity contribution in [3.63, 3.8) is 0 Å². The van der Waals surface area contributed by atoms with Crippen molar-refractivity contribution < 1.29 is 9.53 Å². The minimum atomic E-state index is -0.251. The first-order valence-corrected chi connectivity index (χ1v) is 8.95. The van der Waals surface area contributed by atoms with Crippen LogP contribution in [0, 0.1) is 0 Å². The smallest absolute Gasteiger partial charge is 0.255 e. The van der Waals surface area contributed by atoms with Crippen molar-refractivity contribution in [3.05, 3.63) is 77.4 Å². The molecule has 0 bridgehead atoms. The van der Waals surface area contributed by atoms with Gasteiger partial charge in [-0.2, -0.15) is 0 Å². The molecule has 0 aliphatic heterocycles. The summed E-state index contributed by atoms with van der Waals surface area (Å²) in [6, 6.07) is 18.0. The molecule has 27 heavy (non-hydrogen) atoms. The third-order valence-electron chi connectivity index (χ3n) is 3.66. The van der Waals surface area contributed by atoms with Crippen molar-refractivity contribution in [2.45, 2.75) is 20.0 Å². The number of amides is 1. The summed E-state index contributed by atoms with van der Waals surface area (Å²) in [5, 5.41) is 6.59. The number of anilines is 3. The van der Waals surface area contributed by atoms with E-state index in [1.165, 1.54) is 0 Å². The number of pyridine rings is 1. The summed E-state index contributed by atoms with van der Waals surface area (Å²) >= 11 is 6.16. The number of benzene rings is 2. The highest BCUT2D eigenvalue weighted by molar-refractivity contribution is 6.33. The third kappa shape index (κ3) is 4.99. The number of para-hydroxylation sites is 3. The number of ether oxygens (including phenoxy) is 1. The van der Waals surface area contributed by atoms with Crippen LogP contribution in [0.25, 0.3) is 0 Å². The molecular weight excluding hydrogens is 362 g/mol. The number of carbonyl (C=O) groups is 1. The van der Waals surface area contributed by atoms with Crippen molar-refractivity contribution in [2.75, 3.05) is 10.6 Å². The van der Waals surface area contributed by atoms with Crippen LogP contribution in [0.4, 0.5) is 17.2 Å². The first kappa shape index (κ1) is 18.7. The minimum Gasteiger partial charge on any atom is -0.489 e. The number of halogens is 1. The molecule has 1 aromatic heterocycles. The summed E-state index contributed by atoms with van der Waals surface area (Å²) in [7, 11) is 0. The van der Waals surface area contributed by atoms with Crippen LogP contribution >= 0.6 is 11.6 Å². The van der Waals surface area contributed by atoms with Crippen LogP contribution in [0.2, 0.25) is 5.02 Å². The topological polar surface area (TPSA) is 63.2 Å². The van der Waals surface area contributed by atoms with E-state index in [-0.39, 0.29) is 12.0 Å². The fraction of sp³-hybridized carbons (Fsp3) is 0.143. The molecule has 2 N–H and O–H groups in total. The fourth-order valence-corrected chi connectivity index (χ4v) is 2.64. The van der Waals surface area contributed by atoms with E-state index in [0.29, 0.717) is 27.8 Å². The zero-order valence-electron chi connectivity index (χ0n) is 15.1. The lowest BCUT2D eigenvalue weighted by molar-refractivity contribution is 0.102. The van der Waals surface area contributed by atoms with E-state index in [2.05, 4.69) is 15.6 Å². The summed E-state index contributed by atoms with van der Waals surface area (Å²) in [5.74, 6) is 0.909. The van der Waals surface area contributed by atoms with Gasteiger partial charge in [-0.25, -0.2) is 4.98 Å². The van der Waals surface area contributed by atoms with Gasteiger partial charge in [-0.1, -0.05) is 35.9 Å². The number of carbonyl (C=O) groups excluding carboxylic acids is 1. The molecule has 1 heterocycles. The Balaban J connectivity index is 1.77. The molecule has 2 aromatic carbocycles. The summed E-state index contributed by atoms with van der Waals surface area (Å²) in [6.45, 7) is 3.88. The van der Waals surface area contributed by atoms with Gasteiger partial charge in [0.2, 0.25) is 0 Å². The number of rotatable bonds is 6. The van der Waals surface area contributed by atoms with Gasteiger partial charge >= 0.3 is 0 Å². The standard InChI is InChI=1S/C21H20ClN3O2/c1-14(2)27-19-10-6-5-9-18(19)25-21(26)15-11-12-23-20(13-15)24-17-8-4-3-7-16(17)22/h3-14H,1-2H3,(H,23,24)(H,25,26). The Labute approximate surface area is 163 Å². The van der Waals surface area contributed by atoms with E-state index in [1.807, 2.05) is 50.2 Å². The molecular formula is C21H20ClN3O2. The Morgan fingerprint density at radius 3 is 2.48 bits per heavy atom. The predicted molar refractivity (Wildman–Crippen MR) is 109 cm³/mol. The molecule has 3 aromatic rings. The number of hydrogen-bond acceptors (Lipinski definition) is 4. The molecule has 1 amide bonds. The van der Waals surface area contributed by atoms with E-state index >= 15 is 0 Å². The van der Waals surface area contributed by atoms with Gasteiger partial charge in [-0.15, -0.1) is 0 Å². The molecule has 0 aliphatic rings. The van der Waals surface area contributed by atoms with Gasteiger partial charge in [0.15, 0.2) is 0 Å². The minimum absolute atomic E-state index is 0.00963. The average molecular weight is 382 g/mol. The fourth-order valence-electron chi connectivity index (χ4n) is 2.46. The van der Waals surface area contributed by atoms with Crippen molar-refractivity contribution in [1.29, 1.82) is 0 Å². The molecule has 0 unspecified atom stereocenters. The zero-order valence-corrected chi connectivity index (χ0v) is 15.8. The van der Waals surface area contributed by atoms with Gasteiger partial charge in [0.1, 0.15) is 11.6 Å². The highest BCUT2D eigenvalue weighted by Gasteiger charge is 2.12. The summed E-state index contributed by atoms with van der Waals surface area (Å²) < 4.78 is 5.74. The van der Waals surface area contributed by atoms with Gasteiger partial charge in [-0.05, 0) is 50.2 Å². The van der Waals surface area contributed by atoms with E-state index in [0.717, 1.165) is 5.69 Å². The quantitative estimate of drug-likeness (QED) is 0.590. The number of hydrogen-bond donors (Lipinski definition) is 2. The predicted octanol–water partition coefficient (Wildman–Crippen LogP) is 5.52. The first-order chi connectivity index (χ1) is 13.0. The van der Waals surface area contributed by atoms with E-state index < -0.39 is 0 Å². The number of nitrogens with zero attached hydrogens (tertiary/aromatic N) is 1. The van der Waals surface area contributed by atoms with Crippen LogP contribution in [0.5, 0.6) is 5.75 Å². The van der Waals surface area contributed by atoms with Gasteiger partial charge in [0, 0.05) is 11.8 Å². The second kappa shape index (κ2) is 8.56. The molecule has 0 atom stereocenters. The Hall–Kier alpha value is -3.05. The van der Waals surface area contributed by atoms with Crippen LogP contribution in [0.15, 0.2) is 66.9 Å². The maximum Gasteiger partial charge on any atom is 0.255 e. The number of nitrogens with one attached hydrogen (secondary N) is 2. The van der Waals surface area contributed by atoms with E-state index in [1.54, 1.807) is 30.5 Å². The van der Waals surface area contributed by atoms with Crippen LogP contribution in [-0.2, 0) is 0 Å². The lowest BCUT2D eigenvalue weighted by Crippen LogP contribution is -2.14. The van der Waals surface area contributed by atoms with Gasteiger partial charge in [0.05, 0.1) is 22.5 Å². The molecule has 0 aliphatic carbocycles. The molecule has 0 fully saturated rings. The normalized spacial score (nSPS) is 10.5. The second-order valence-corrected chi connectivity index (χ2v) is 6.56. The molecule has 0 saturated carbocycles. The van der Waals surface area contributed by atoms with Crippen molar-refractivity contribution in [1.82, 2.24) is 4.98 Å². The Kier molecular flexibility index (Phi) is 5.94. The van der Waals surface area contributed by atoms with E-state index in [4.69, 9.17) is 16.3 Å². The highest BCUT2D eigenvalue weighted by atomic mass is 35.5. The van der Waals surface area contributed by atoms with Crippen LogP contribution in [0.1, 0.15) is 24.2 Å². The molecule has 0 saturated heterocycles. The van der Waals surface area contributed by atoms with Gasteiger partial charge < -0.3 is 15.4 Å². The van der Waals surface area contributed by atoms with Crippen molar-refractivity contribution in [3.8, 4) is 5.75 Å². The zero-order chi connectivity index (χ0) is 19.2. The SMILES string of the molecule is CC(C)Oc1ccccc1NC(=O)c1ccnc(Nc2ccccc2Cl)c1. The van der Waals surface area contributed by atoms with Crippen LogP contribution in [-0.4, -0.2) is 17.0 Å². The Bertz CT molecular complexity index is 944. The first-order valence-electron chi connectivity index (χ1n) is 8.57. The maximum atomic E-state index is 12.7. The summed E-state index contributed by atoms with van der Waals surface area (Å²) in [4.78, 5) is 16.9. The van der Waals surface area contributed by atoms with E-state index in [9.17, 15) is 4.79 Å². The van der Waals surface area contributed by atoms with Gasteiger partial charge in [0.25, 0.3) is 5.91 Å². The molecule has 0 radical (unpaired) electrons. The van der Waals surface area contributed by atoms with Crippen molar-refractivity contribution >= 4 is 34.7 Å². The molecule has 138 valence electrons. The lowest BCUT2D eigenvalue weighted by atomic mass is 10.2. The van der Waals surface area contributed by atoms with Crippen molar-refractivity contribution in [2.24, 2.45) is 0 Å². The summed E-state index contributed by atoms with van der Waals surface area (Å²) in [6.07, 6.45) is 1.58. The highest BCUT2D eigenvalue weighted by Crippen LogP contribution is 2.26. The number of aromatic nitrogens is 1. The van der Waals surface area contributed by atoms with Crippen LogP contribution < -0.4 is 15.4 Å². The molecule has 0 spiro atoms. The van der Waals surface area contributed by atoms with Crippen LogP contribution in [0.3, 0.4) is 0 Å². The largest absolute Gasteiger partial charge is 0.489 e. The maximum absolute atomic E-state index is 12.7. The average Bonchev–Trinajstić information content (AvgIpc) is 2.65. The monoisotopic (exact) mass is 381 g/mol.